The molecule has 3 unspecified atom stereocenters. The van der Waals surface area contributed by atoms with Crippen LogP contribution in [0.1, 0.15) is 13.3 Å². The molecule has 2 rings (SSSR count). The first-order valence-electron chi connectivity index (χ1n) is 5.45. The first kappa shape index (κ1) is 11.9. The molecule has 1 aliphatic heterocycles. The highest BCUT2D eigenvalue weighted by Gasteiger charge is 2.48. The number of thioether (sulfide) groups is 1. The van der Waals surface area contributed by atoms with Crippen LogP contribution in [-0.2, 0) is 14.3 Å². The molecule has 0 aromatic rings. The molecule has 2 amide bonds. The van der Waals surface area contributed by atoms with E-state index >= 15 is 0 Å². The van der Waals surface area contributed by atoms with Crippen LogP contribution < -0.4 is 5.73 Å². The van der Waals surface area contributed by atoms with Crippen LogP contribution in [0.4, 0.5) is 0 Å². The molecular formula is C10H16N2O3S. The van der Waals surface area contributed by atoms with Gasteiger partial charge in [-0.25, -0.2) is 0 Å². The van der Waals surface area contributed by atoms with Crippen molar-refractivity contribution in [1.82, 2.24) is 4.90 Å². The van der Waals surface area contributed by atoms with E-state index in [0.717, 1.165) is 6.42 Å². The van der Waals surface area contributed by atoms with Crippen molar-refractivity contribution in [3.63, 3.8) is 0 Å². The zero-order valence-electron chi connectivity index (χ0n) is 9.22. The first-order valence-corrected chi connectivity index (χ1v) is 6.60. The lowest BCUT2D eigenvalue weighted by Crippen LogP contribution is -2.68. The van der Waals surface area contributed by atoms with Gasteiger partial charge in [0.15, 0.2) is 0 Å². The minimum atomic E-state index is -0.249. The van der Waals surface area contributed by atoms with Gasteiger partial charge in [0, 0.05) is 12.6 Å². The van der Waals surface area contributed by atoms with Gasteiger partial charge >= 0.3 is 0 Å². The number of ether oxygens (including phenoxy) is 1. The van der Waals surface area contributed by atoms with E-state index in [9.17, 15) is 9.59 Å². The molecular weight excluding hydrogens is 228 g/mol. The van der Waals surface area contributed by atoms with Crippen LogP contribution in [0.25, 0.3) is 0 Å². The Morgan fingerprint density at radius 3 is 2.56 bits per heavy atom. The number of nitrogens with two attached hydrogens (primary N) is 1. The molecule has 0 aromatic heterocycles. The topological polar surface area (TPSA) is 72.6 Å². The second kappa shape index (κ2) is 4.73. The summed E-state index contributed by atoms with van der Waals surface area (Å²) in [6.45, 7) is 2.48. The second-order valence-corrected chi connectivity index (χ2v) is 5.02. The highest BCUT2D eigenvalue weighted by atomic mass is 32.2. The highest BCUT2D eigenvalue weighted by molar-refractivity contribution is 8.00. The van der Waals surface area contributed by atoms with Gasteiger partial charge in [-0.15, -0.1) is 11.8 Å². The number of nitrogens with zero attached hydrogens (tertiary/aromatic N) is 1. The Labute approximate surface area is 98.7 Å². The third-order valence-corrected chi connectivity index (χ3v) is 3.89. The molecule has 1 saturated heterocycles. The summed E-state index contributed by atoms with van der Waals surface area (Å²) in [5, 5.41) is 0. The SMILES string of the molecule is CCOC1CC(N)C1N1C(=O)CSCC1=O. The van der Waals surface area contributed by atoms with E-state index in [4.69, 9.17) is 10.5 Å². The summed E-state index contributed by atoms with van der Waals surface area (Å²) in [4.78, 5) is 24.7. The van der Waals surface area contributed by atoms with Crippen molar-refractivity contribution >= 4 is 23.6 Å². The number of carbonyl (C=O) groups excluding carboxylic acids is 2. The van der Waals surface area contributed by atoms with E-state index in [1.807, 2.05) is 6.92 Å². The molecule has 1 aliphatic carbocycles. The van der Waals surface area contributed by atoms with Gasteiger partial charge in [0.2, 0.25) is 11.8 Å². The molecule has 0 bridgehead atoms. The van der Waals surface area contributed by atoms with Crippen molar-refractivity contribution in [2.75, 3.05) is 18.1 Å². The maximum absolute atomic E-state index is 11.7. The van der Waals surface area contributed by atoms with Crippen molar-refractivity contribution in [1.29, 1.82) is 0 Å². The van der Waals surface area contributed by atoms with Gasteiger partial charge in [-0.1, -0.05) is 0 Å². The molecule has 1 saturated carbocycles. The third kappa shape index (κ3) is 1.97. The summed E-state index contributed by atoms with van der Waals surface area (Å²) < 4.78 is 5.48. The summed E-state index contributed by atoms with van der Waals surface area (Å²) >= 11 is 1.36. The number of amides is 2. The predicted molar refractivity (Wildman–Crippen MR) is 61.0 cm³/mol. The minimum absolute atomic E-state index is 0.0731. The van der Waals surface area contributed by atoms with Crippen LogP contribution in [0.2, 0.25) is 0 Å². The number of rotatable bonds is 3. The summed E-state index contributed by atoms with van der Waals surface area (Å²) in [5.41, 5.74) is 5.87. The number of imide groups is 1. The fraction of sp³-hybridized carbons (Fsp3) is 0.800. The summed E-state index contributed by atoms with van der Waals surface area (Å²) in [7, 11) is 0. The normalized spacial score (nSPS) is 35.1. The molecule has 6 heteroatoms. The lowest BCUT2D eigenvalue weighted by Gasteiger charge is -2.48. The summed E-state index contributed by atoms with van der Waals surface area (Å²) in [5.74, 6) is 0.471. The van der Waals surface area contributed by atoms with Crippen LogP contribution in [0.3, 0.4) is 0 Å². The molecule has 5 nitrogen and oxygen atoms in total. The van der Waals surface area contributed by atoms with Gasteiger partial charge in [-0.3, -0.25) is 14.5 Å². The van der Waals surface area contributed by atoms with Crippen LogP contribution in [0.15, 0.2) is 0 Å². The van der Waals surface area contributed by atoms with Gasteiger partial charge in [-0.2, -0.15) is 0 Å². The van der Waals surface area contributed by atoms with Gasteiger partial charge in [0.1, 0.15) is 0 Å². The van der Waals surface area contributed by atoms with Crippen molar-refractivity contribution in [2.45, 2.75) is 31.5 Å². The molecule has 2 aliphatic rings. The average molecular weight is 244 g/mol. The molecule has 0 aromatic carbocycles. The summed E-state index contributed by atoms with van der Waals surface area (Å²) in [6.07, 6.45) is 0.652. The predicted octanol–water partition coefficient (Wildman–Crippen LogP) is -0.407. The largest absolute Gasteiger partial charge is 0.376 e. The van der Waals surface area contributed by atoms with Crippen molar-refractivity contribution < 1.29 is 14.3 Å². The lowest BCUT2D eigenvalue weighted by atomic mass is 9.82. The fourth-order valence-corrected chi connectivity index (χ4v) is 2.93. The Balaban J connectivity index is 2.09. The Morgan fingerprint density at radius 2 is 2.06 bits per heavy atom. The number of carbonyl (C=O) groups is 2. The Hall–Kier alpha value is -0.590. The maximum Gasteiger partial charge on any atom is 0.239 e. The molecule has 2 fully saturated rings. The lowest BCUT2D eigenvalue weighted by molar-refractivity contribution is -0.157. The van der Waals surface area contributed by atoms with Gasteiger partial charge in [0.05, 0.1) is 23.7 Å². The zero-order valence-corrected chi connectivity index (χ0v) is 10.0. The molecule has 0 spiro atoms. The van der Waals surface area contributed by atoms with Gasteiger partial charge < -0.3 is 10.5 Å². The molecule has 2 N–H and O–H groups in total. The number of hydrogen-bond acceptors (Lipinski definition) is 5. The van der Waals surface area contributed by atoms with E-state index in [2.05, 4.69) is 0 Å². The summed E-state index contributed by atoms with van der Waals surface area (Å²) in [6, 6.07) is -0.381. The second-order valence-electron chi connectivity index (χ2n) is 4.03. The first-order chi connectivity index (χ1) is 7.65. The number of hydrogen-bond donors (Lipinski definition) is 1. The molecule has 1 heterocycles. The van der Waals surface area contributed by atoms with Crippen LogP contribution in [0, 0.1) is 0 Å². The molecule has 90 valence electrons. The average Bonchev–Trinajstić information content (AvgIpc) is 2.23. The smallest absolute Gasteiger partial charge is 0.239 e. The van der Waals surface area contributed by atoms with Crippen LogP contribution in [-0.4, -0.2) is 53.0 Å². The van der Waals surface area contributed by atoms with E-state index < -0.39 is 0 Å². The van der Waals surface area contributed by atoms with Gasteiger partial charge in [0.25, 0.3) is 0 Å². The van der Waals surface area contributed by atoms with E-state index in [1.165, 1.54) is 16.7 Å². The van der Waals surface area contributed by atoms with Crippen molar-refractivity contribution in [2.24, 2.45) is 5.73 Å². The van der Waals surface area contributed by atoms with Crippen LogP contribution in [0.5, 0.6) is 0 Å². The Morgan fingerprint density at radius 1 is 1.44 bits per heavy atom. The quantitative estimate of drug-likeness (QED) is 0.683. The Kier molecular flexibility index (Phi) is 3.51. The fourth-order valence-electron chi connectivity index (χ4n) is 2.20. The van der Waals surface area contributed by atoms with Gasteiger partial charge in [-0.05, 0) is 13.3 Å². The van der Waals surface area contributed by atoms with E-state index in [0.29, 0.717) is 18.1 Å². The van der Waals surface area contributed by atoms with Crippen molar-refractivity contribution in [3.05, 3.63) is 0 Å². The molecule has 16 heavy (non-hydrogen) atoms. The van der Waals surface area contributed by atoms with E-state index in [1.54, 1.807) is 0 Å². The highest BCUT2D eigenvalue weighted by Crippen LogP contribution is 2.30. The standard InChI is InChI=1S/C10H16N2O3S/c1-2-15-7-3-6(11)10(7)12-8(13)4-16-5-9(12)14/h6-7,10H,2-5,11H2,1H3. The molecule has 0 radical (unpaired) electrons. The monoisotopic (exact) mass is 244 g/mol. The van der Waals surface area contributed by atoms with E-state index in [-0.39, 0.29) is 30.0 Å². The van der Waals surface area contributed by atoms with Crippen molar-refractivity contribution in [3.8, 4) is 0 Å². The zero-order chi connectivity index (χ0) is 11.7. The maximum atomic E-state index is 11.7. The Bertz CT molecular complexity index is 292. The van der Waals surface area contributed by atoms with Crippen LogP contribution >= 0.6 is 11.8 Å². The third-order valence-electron chi connectivity index (χ3n) is 2.99. The minimum Gasteiger partial charge on any atom is -0.376 e. The molecule has 3 atom stereocenters.